The molecule has 4 heteroatoms. The standard InChI is InChI=1S/C5H11ClO2S/c1-5(3-8-2)4-9(6)7/h5H,3-4H2,1-2H3. The highest BCUT2D eigenvalue weighted by atomic mass is 35.7. The van der Waals surface area contributed by atoms with Crippen LogP contribution in [0.2, 0.25) is 0 Å². The van der Waals surface area contributed by atoms with Gasteiger partial charge in [-0.25, -0.2) is 4.21 Å². The van der Waals surface area contributed by atoms with Crippen molar-refractivity contribution in [1.82, 2.24) is 0 Å². The van der Waals surface area contributed by atoms with Crippen molar-refractivity contribution in [2.24, 2.45) is 5.92 Å². The lowest BCUT2D eigenvalue weighted by molar-refractivity contribution is 0.168. The molecule has 0 N–H and O–H groups in total. The minimum Gasteiger partial charge on any atom is -0.384 e. The maximum atomic E-state index is 10.3. The molecule has 0 aromatic carbocycles. The Morgan fingerprint density at radius 2 is 2.33 bits per heavy atom. The average molecular weight is 171 g/mol. The summed E-state index contributed by atoms with van der Waals surface area (Å²) in [6.07, 6.45) is 0. The third-order valence-electron chi connectivity index (χ3n) is 0.867. The predicted octanol–water partition coefficient (Wildman–Crippen LogP) is 1.17. The highest BCUT2D eigenvalue weighted by molar-refractivity contribution is 8.08. The number of methoxy groups -OCH3 is 1. The predicted molar refractivity (Wildman–Crippen MR) is 39.9 cm³/mol. The molecule has 56 valence electrons. The molecular formula is C5H11ClO2S. The first-order valence-corrected chi connectivity index (χ1v) is 4.85. The summed E-state index contributed by atoms with van der Waals surface area (Å²) < 4.78 is 15.2. The largest absolute Gasteiger partial charge is 0.384 e. The molecule has 2 nitrogen and oxygen atoms in total. The first-order chi connectivity index (χ1) is 4.16. The third-order valence-corrected chi connectivity index (χ3v) is 2.08. The molecule has 0 radical (unpaired) electrons. The van der Waals surface area contributed by atoms with Gasteiger partial charge >= 0.3 is 0 Å². The van der Waals surface area contributed by atoms with E-state index in [0.29, 0.717) is 12.4 Å². The molecular weight excluding hydrogens is 160 g/mol. The van der Waals surface area contributed by atoms with Crippen LogP contribution in [-0.2, 0) is 14.7 Å². The number of hydrogen-bond acceptors (Lipinski definition) is 2. The Morgan fingerprint density at radius 3 is 2.67 bits per heavy atom. The summed E-state index contributed by atoms with van der Waals surface area (Å²) in [6.45, 7) is 2.57. The summed E-state index contributed by atoms with van der Waals surface area (Å²) in [5.74, 6) is 0.795. The average Bonchev–Trinajstić information content (AvgIpc) is 1.63. The Hall–Kier alpha value is 0.400. The Morgan fingerprint density at radius 1 is 1.78 bits per heavy atom. The normalized spacial score (nSPS) is 17.2. The van der Waals surface area contributed by atoms with Gasteiger partial charge < -0.3 is 4.74 Å². The van der Waals surface area contributed by atoms with Gasteiger partial charge in [0, 0.05) is 19.5 Å². The molecule has 9 heavy (non-hydrogen) atoms. The van der Waals surface area contributed by atoms with Crippen molar-refractivity contribution in [2.75, 3.05) is 19.5 Å². The van der Waals surface area contributed by atoms with E-state index in [1.165, 1.54) is 0 Å². The second kappa shape index (κ2) is 5.21. The summed E-state index contributed by atoms with van der Waals surface area (Å²) in [4.78, 5) is 0. The van der Waals surface area contributed by atoms with E-state index >= 15 is 0 Å². The maximum Gasteiger partial charge on any atom is 0.115 e. The molecule has 0 aliphatic carbocycles. The zero-order valence-corrected chi connectivity index (χ0v) is 7.17. The minimum atomic E-state index is -1.20. The van der Waals surface area contributed by atoms with Crippen molar-refractivity contribution in [3.05, 3.63) is 0 Å². The van der Waals surface area contributed by atoms with Crippen molar-refractivity contribution in [2.45, 2.75) is 6.92 Å². The highest BCUT2D eigenvalue weighted by Gasteiger charge is 2.03. The Labute approximate surface area is 62.5 Å². The van der Waals surface area contributed by atoms with Crippen molar-refractivity contribution < 1.29 is 8.95 Å². The monoisotopic (exact) mass is 170 g/mol. The van der Waals surface area contributed by atoms with E-state index in [9.17, 15) is 4.21 Å². The van der Waals surface area contributed by atoms with Crippen LogP contribution in [0.15, 0.2) is 0 Å². The van der Waals surface area contributed by atoms with Crippen LogP contribution in [0, 0.1) is 5.92 Å². The second-order valence-corrected chi connectivity index (χ2v) is 3.96. The Bertz CT molecular complexity index is 97.0. The van der Waals surface area contributed by atoms with Gasteiger partial charge in [-0.3, -0.25) is 0 Å². The molecule has 0 amide bonds. The topological polar surface area (TPSA) is 26.3 Å². The first-order valence-electron chi connectivity index (χ1n) is 2.70. The summed E-state index contributed by atoms with van der Waals surface area (Å²) in [7, 11) is 5.64. The van der Waals surface area contributed by atoms with E-state index < -0.39 is 10.0 Å². The third kappa shape index (κ3) is 6.28. The molecule has 0 heterocycles. The molecule has 0 spiro atoms. The quantitative estimate of drug-likeness (QED) is 0.593. The maximum absolute atomic E-state index is 10.3. The fourth-order valence-corrected chi connectivity index (χ4v) is 1.75. The van der Waals surface area contributed by atoms with Gasteiger partial charge in [0.05, 0.1) is 0 Å². The molecule has 0 aromatic heterocycles. The lowest BCUT2D eigenvalue weighted by atomic mass is 10.2. The molecule has 0 aromatic rings. The van der Waals surface area contributed by atoms with E-state index in [1.54, 1.807) is 7.11 Å². The molecule has 0 saturated carbocycles. The van der Waals surface area contributed by atoms with Crippen LogP contribution in [0.1, 0.15) is 6.92 Å². The van der Waals surface area contributed by atoms with E-state index in [2.05, 4.69) is 0 Å². The molecule has 2 atom stereocenters. The van der Waals surface area contributed by atoms with Gasteiger partial charge in [-0.1, -0.05) is 6.92 Å². The van der Waals surface area contributed by atoms with Gasteiger partial charge in [0.15, 0.2) is 0 Å². The summed E-state index contributed by atoms with van der Waals surface area (Å²) >= 11 is 0. The van der Waals surface area contributed by atoms with Crippen molar-refractivity contribution in [3.63, 3.8) is 0 Å². The van der Waals surface area contributed by atoms with Gasteiger partial charge in [-0.15, -0.1) is 0 Å². The van der Waals surface area contributed by atoms with Crippen molar-refractivity contribution in [1.29, 1.82) is 0 Å². The number of halogens is 1. The lowest BCUT2D eigenvalue weighted by Crippen LogP contribution is -2.09. The number of ether oxygens (including phenoxy) is 1. The van der Waals surface area contributed by atoms with Crippen LogP contribution in [0.25, 0.3) is 0 Å². The molecule has 0 aliphatic rings. The van der Waals surface area contributed by atoms with E-state index in [4.69, 9.17) is 15.4 Å². The SMILES string of the molecule is COCC(C)CS(=O)Cl. The Balaban J connectivity index is 3.26. The van der Waals surface area contributed by atoms with Gasteiger partial charge in [0.25, 0.3) is 0 Å². The number of hydrogen-bond donors (Lipinski definition) is 0. The fourth-order valence-electron chi connectivity index (χ4n) is 0.556. The smallest absolute Gasteiger partial charge is 0.115 e. The van der Waals surface area contributed by atoms with Crippen molar-refractivity contribution in [3.8, 4) is 0 Å². The summed E-state index contributed by atoms with van der Waals surface area (Å²) in [5, 5.41) is 0. The number of rotatable bonds is 4. The van der Waals surface area contributed by atoms with Gasteiger partial charge in [0.2, 0.25) is 0 Å². The second-order valence-electron chi connectivity index (χ2n) is 2.02. The van der Waals surface area contributed by atoms with E-state index in [-0.39, 0.29) is 5.92 Å². The summed E-state index contributed by atoms with van der Waals surface area (Å²) in [6, 6.07) is 0. The first kappa shape index (κ1) is 9.40. The minimum absolute atomic E-state index is 0.285. The van der Waals surface area contributed by atoms with Gasteiger partial charge in [0.1, 0.15) is 10.0 Å². The zero-order chi connectivity index (χ0) is 7.28. The molecule has 0 saturated heterocycles. The van der Waals surface area contributed by atoms with Crippen LogP contribution in [0.3, 0.4) is 0 Å². The van der Waals surface area contributed by atoms with Gasteiger partial charge in [-0.2, -0.15) is 0 Å². The van der Waals surface area contributed by atoms with E-state index in [1.807, 2.05) is 6.92 Å². The molecule has 0 aliphatic heterocycles. The molecule has 0 rings (SSSR count). The summed E-state index contributed by atoms with van der Waals surface area (Å²) in [5.41, 5.74) is 0. The van der Waals surface area contributed by atoms with Crippen molar-refractivity contribution >= 4 is 20.7 Å². The van der Waals surface area contributed by atoms with Crippen LogP contribution >= 0.6 is 10.7 Å². The lowest BCUT2D eigenvalue weighted by Gasteiger charge is -2.04. The van der Waals surface area contributed by atoms with Crippen LogP contribution in [0.4, 0.5) is 0 Å². The molecule has 2 unspecified atom stereocenters. The van der Waals surface area contributed by atoms with Crippen LogP contribution < -0.4 is 0 Å². The zero-order valence-electron chi connectivity index (χ0n) is 5.59. The Kier molecular flexibility index (Phi) is 5.44. The molecule has 0 fully saturated rings. The highest BCUT2D eigenvalue weighted by Crippen LogP contribution is 2.00. The fraction of sp³-hybridized carbons (Fsp3) is 1.00. The van der Waals surface area contributed by atoms with Crippen LogP contribution in [0.5, 0.6) is 0 Å². The molecule has 0 bridgehead atoms. The van der Waals surface area contributed by atoms with Crippen LogP contribution in [-0.4, -0.2) is 23.7 Å². The van der Waals surface area contributed by atoms with E-state index in [0.717, 1.165) is 0 Å². The van der Waals surface area contributed by atoms with Gasteiger partial charge in [-0.05, 0) is 16.6 Å².